The molecule has 6 heteroatoms. The van der Waals surface area contributed by atoms with Crippen molar-refractivity contribution in [3.05, 3.63) is 53.7 Å². The minimum absolute atomic E-state index is 0.0709. The summed E-state index contributed by atoms with van der Waals surface area (Å²) < 4.78 is 5.48. The number of carbonyl (C=O) groups is 1. The van der Waals surface area contributed by atoms with E-state index in [0.717, 1.165) is 5.75 Å². The van der Waals surface area contributed by atoms with E-state index < -0.39 is 0 Å². The van der Waals surface area contributed by atoms with Gasteiger partial charge in [0, 0.05) is 6.20 Å². The van der Waals surface area contributed by atoms with Crippen LogP contribution in [0.2, 0.25) is 5.02 Å². The Morgan fingerprint density at radius 2 is 2.05 bits per heavy atom. The van der Waals surface area contributed by atoms with E-state index in [2.05, 4.69) is 10.3 Å². The smallest absolute Gasteiger partial charge is 0.230 e. The maximum atomic E-state index is 11.7. The molecule has 110 valence electrons. The van der Waals surface area contributed by atoms with Crippen molar-refractivity contribution in [2.24, 2.45) is 0 Å². The fourth-order valence-electron chi connectivity index (χ4n) is 1.54. The highest BCUT2D eigenvalue weighted by Gasteiger charge is 2.06. The highest BCUT2D eigenvalue weighted by Crippen LogP contribution is 2.23. The molecule has 0 fully saturated rings. The number of para-hydroxylation sites is 1. The van der Waals surface area contributed by atoms with Gasteiger partial charge >= 0.3 is 0 Å². The van der Waals surface area contributed by atoms with E-state index in [1.165, 1.54) is 11.8 Å². The summed E-state index contributed by atoms with van der Waals surface area (Å²) in [6.45, 7) is 0.898. The van der Waals surface area contributed by atoms with Gasteiger partial charge in [0.05, 0.1) is 17.3 Å². The van der Waals surface area contributed by atoms with Crippen molar-refractivity contribution < 1.29 is 9.53 Å². The summed E-state index contributed by atoms with van der Waals surface area (Å²) in [5.41, 5.74) is 0. The third kappa shape index (κ3) is 5.65. The molecule has 0 unspecified atom stereocenters. The zero-order chi connectivity index (χ0) is 14.9. The van der Waals surface area contributed by atoms with E-state index in [4.69, 9.17) is 16.3 Å². The zero-order valence-electron chi connectivity index (χ0n) is 11.3. The number of hydrogen-bond acceptors (Lipinski definition) is 4. The Labute approximate surface area is 132 Å². The van der Waals surface area contributed by atoms with E-state index in [0.29, 0.717) is 23.2 Å². The van der Waals surface area contributed by atoms with Gasteiger partial charge < -0.3 is 10.1 Å². The third-order valence-corrected chi connectivity index (χ3v) is 3.92. The van der Waals surface area contributed by atoms with Crippen LogP contribution in [0.5, 0.6) is 5.75 Å². The minimum atomic E-state index is -0.0709. The Morgan fingerprint density at radius 3 is 2.81 bits per heavy atom. The maximum absolute atomic E-state index is 11.7. The molecule has 0 spiro atoms. The number of rotatable bonds is 7. The first-order valence-electron chi connectivity index (χ1n) is 6.43. The quantitative estimate of drug-likeness (QED) is 0.629. The monoisotopic (exact) mass is 322 g/mol. The van der Waals surface area contributed by atoms with Crippen molar-refractivity contribution in [2.45, 2.75) is 5.03 Å². The number of thioether (sulfide) groups is 1. The molecule has 0 bridgehead atoms. The predicted molar refractivity (Wildman–Crippen MR) is 84.9 cm³/mol. The van der Waals surface area contributed by atoms with Gasteiger partial charge in [-0.1, -0.05) is 41.6 Å². The number of nitrogens with zero attached hydrogens (tertiary/aromatic N) is 1. The largest absolute Gasteiger partial charge is 0.492 e. The molecule has 0 aliphatic carbocycles. The lowest BCUT2D eigenvalue weighted by molar-refractivity contribution is -0.118. The summed E-state index contributed by atoms with van der Waals surface area (Å²) >= 11 is 7.28. The van der Waals surface area contributed by atoms with E-state index in [9.17, 15) is 4.79 Å². The second-order valence-electron chi connectivity index (χ2n) is 4.09. The van der Waals surface area contributed by atoms with Crippen LogP contribution in [0.1, 0.15) is 0 Å². The summed E-state index contributed by atoms with van der Waals surface area (Å²) in [4.78, 5) is 15.8. The SMILES string of the molecule is O=C(CSc1ncccc1Cl)NCCOc1ccccc1. The molecule has 0 saturated heterocycles. The molecule has 0 saturated carbocycles. The standard InChI is InChI=1S/C15H15ClN2O2S/c16-13-7-4-8-18-15(13)21-11-14(19)17-9-10-20-12-5-2-1-3-6-12/h1-8H,9-11H2,(H,17,19). The van der Waals surface area contributed by atoms with E-state index >= 15 is 0 Å². The van der Waals surface area contributed by atoms with Crippen molar-refractivity contribution in [1.82, 2.24) is 10.3 Å². The van der Waals surface area contributed by atoms with E-state index in [-0.39, 0.29) is 11.7 Å². The van der Waals surface area contributed by atoms with Gasteiger partial charge in [-0.05, 0) is 24.3 Å². The van der Waals surface area contributed by atoms with Crippen LogP contribution >= 0.6 is 23.4 Å². The normalized spacial score (nSPS) is 10.1. The average Bonchev–Trinajstić information content (AvgIpc) is 2.52. The number of pyridine rings is 1. The van der Waals surface area contributed by atoms with Crippen LogP contribution in [0.15, 0.2) is 53.7 Å². The third-order valence-electron chi connectivity index (χ3n) is 2.50. The molecule has 0 aliphatic rings. The summed E-state index contributed by atoms with van der Waals surface area (Å²) in [6, 6.07) is 13.0. The first-order chi connectivity index (χ1) is 10.3. The number of ether oxygens (including phenoxy) is 1. The van der Waals surface area contributed by atoms with E-state index in [1.54, 1.807) is 18.3 Å². The van der Waals surface area contributed by atoms with Crippen LogP contribution in [0.25, 0.3) is 0 Å². The molecule has 2 aromatic rings. The highest BCUT2D eigenvalue weighted by atomic mass is 35.5. The first-order valence-corrected chi connectivity index (χ1v) is 7.80. The first kappa shape index (κ1) is 15.7. The van der Waals surface area contributed by atoms with Crippen LogP contribution in [-0.4, -0.2) is 29.8 Å². The van der Waals surface area contributed by atoms with Gasteiger partial charge in [-0.2, -0.15) is 0 Å². The number of hydrogen-bond donors (Lipinski definition) is 1. The van der Waals surface area contributed by atoms with Crippen LogP contribution in [0, 0.1) is 0 Å². The fraction of sp³-hybridized carbons (Fsp3) is 0.200. The van der Waals surface area contributed by atoms with Gasteiger partial charge in [-0.15, -0.1) is 0 Å². The Morgan fingerprint density at radius 1 is 1.24 bits per heavy atom. The Balaban J connectivity index is 1.63. The summed E-state index contributed by atoms with van der Waals surface area (Å²) in [5, 5.41) is 4.01. The number of halogens is 1. The number of aromatic nitrogens is 1. The Kier molecular flexibility index (Phi) is 6.37. The van der Waals surface area contributed by atoms with Gasteiger partial charge in [0.1, 0.15) is 17.4 Å². The van der Waals surface area contributed by atoms with Gasteiger partial charge in [0.2, 0.25) is 5.91 Å². The maximum Gasteiger partial charge on any atom is 0.230 e. The number of benzene rings is 1. The molecule has 4 nitrogen and oxygen atoms in total. The lowest BCUT2D eigenvalue weighted by Gasteiger charge is -2.07. The minimum Gasteiger partial charge on any atom is -0.492 e. The summed E-state index contributed by atoms with van der Waals surface area (Å²) in [6.07, 6.45) is 1.65. The highest BCUT2D eigenvalue weighted by molar-refractivity contribution is 8.00. The molecule has 0 aliphatic heterocycles. The Bertz CT molecular complexity index is 581. The molecule has 1 heterocycles. The lowest BCUT2D eigenvalue weighted by atomic mass is 10.3. The van der Waals surface area contributed by atoms with Crippen molar-refractivity contribution in [2.75, 3.05) is 18.9 Å². The topological polar surface area (TPSA) is 51.2 Å². The van der Waals surface area contributed by atoms with Gasteiger partial charge in [0.15, 0.2) is 0 Å². The van der Waals surface area contributed by atoms with Crippen molar-refractivity contribution in [1.29, 1.82) is 0 Å². The molecular weight excluding hydrogens is 308 g/mol. The van der Waals surface area contributed by atoms with Crippen LogP contribution in [-0.2, 0) is 4.79 Å². The van der Waals surface area contributed by atoms with Crippen molar-refractivity contribution in [3.63, 3.8) is 0 Å². The molecule has 0 radical (unpaired) electrons. The van der Waals surface area contributed by atoms with Crippen molar-refractivity contribution in [3.8, 4) is 5.75 Å². The zero-order valence-corrected chi connectivity index (χ0v) is 12.9. The lowest BCUT2D eigenvalue weighted by Crippen LogP contribution is -2.29. The molecule has 21 heavy (non-hydrogen) atoms. The fourth-order valence-corrected chi connectivity index (χ4v) is 2.53. The number of nitrogens with one attached hydrogen (secondary N) is 1. The molecule has 1 aromatic heterocycles. The van der Waals surface area contributed by atoms with Gasteiger partial charge in [-0.3, -0.25) is 4.79 Å². The predicted octanol–water partition coefficient (Wildman–Crippen LogP) is 3.02. The molecular formula is C15H15ClN2O2S. The van der Waals surface area contributed by atoms with E-state index in [1.807, 2.05) is 30.3 Å². The summed E-state index contributed by atoms with van der Waals surface area (Å²) in [5.74, 6) is 1.00. The molecule has 2 rings (SSSR count). The number of amides is 1. The van der Waals surface area contributed by atoms with Crippen LogP contribution < -0.4 is 10.1 Å². The molecule has 1 amide bonds. The van der Waals surface area contributed by atoms with Crippen LogP contribution in [0.3, 0.4) is 0 Å². The van der Waals surface area contributed by atoms with Crippen LogP contribution in [0.4, 0.5) is 0 Å². The molecule has 0 atom stereocenters. The second kappa shape index (κ2) is 8.54. The average molecular weight is 323 g/mol. The number of carbonyl (C=O) groups excluding carboxylic acids is 1. The van der Waals surface area contributed by atoms with Gasteiger partial charge in [-0.25, -0.2) is 4.98 Å². The van der Waals surface area contributed by atoms with Crippen molar-refractivity contribution >= 4 is 29.3 Å². The molecule has 1 N–H and O–H groups in total. The Hall–Kier alpha value is -1.72. The molecule has 1 aromatic carbocycles. The summed E-state index contributed by atoms with van der Waals surface area (Å²) in [7, 11) is 0. The second-order valence-corrected chi connectivity index (χ2v) is 5.46. The van der Waals surface area contributed by atoms with Gasteiger partial charge in [0.25, 0.3) is 0 Å².